The van der Waals surface area contributed by atoms with E-state index in [0.29, 0.717) is 40.3 Å². The topological polar surface area (TPSA) is 87.7 Å². The molecular formula is C24H17BrN4O2. The standard InChI is InChI=1S/C24H17BrN4O2/c25-15-7-5-14(6-8-15)22(30)16-3-1-2-4-17(16)23-26-11-10-20(29-23)21-13-18-19(28-21)9-12-27-24(18)31/h1-8,10-11,13,28H,9,12H2,(H,27,31). The van der Waals surface area contributed by atoms with Crippen molar-refractivity contribution in [2.45, 2.75) is 6.42 Å². The molecule has 31 heavy (non-hydrogen) atoms. The Bertz CT molecular complexity index is 1310. The second-order valence-electron chi connectivity index (χ2n) is 7.23. The first-order valence-corrected chi connectivity index (χ1v) is 10.6. The van der Waals surface area contributed by atoms with Crippen molar-refractivity contribution in [2.24, 2.45) is 0 Å². The predicted octanol–water partition coefficient (Wildman–Crippen LogP) is 4.42. The Labute approximate surface area is 186 Å². The van der Waals surface area contributed by atoms with E-state index in [1.54, 1.807) is 30.5 Å². The molecule has 0 unspecified atom stereocenters. The fourth-order valence-corrected chi connectivity index (χ4v) is 3.97. The number of hydrogen-bond donors (Lipinski definition) is 2. The molecule has 0 aliphatic carbocycles. The number of carbonyl (C=O) groups is 2. The molecule has 1 amide bonds. The first-order chi connectivity index (χ1) is 15.1. The summed E-state index contributed by atoms with van der Waals surface area (Å²) in [7, 11) is 0. The lowest BCUT2D eigenvalue weighted by atomic mass is 9.98. The van der Waals surface area contributed by atoms with E-state index in [4.69, 9.17) is 4.98 Å². The number of halogens is 1. The zero-order valence-corrected chi connectivity index (χ0v) is 17.9. The van der Waals surface area contributed by atoms with E-state index in [0.717, 1.165) is 22.3 Å². The van der Waals surface area contributed by atoms with Crippen LogP contribution >= 0.6 is 15.9 Å². The van der Waals surface area contributed by atoms with Gasteiger partial charge in [0.2, 0.25) is 0 Å². The first-order valence-electron chi connectivity index (χ1n) is 9.83. The van der Waals surface area contributed by atoms with Crippen molar-refractivity contribution in [1.29, 1.82) is 0 Å². The number of aromatic amines is 1. The summed E-state index contributed by atoms with van der Waals surface area (Å²) in [4.78, 5) is 37.7. The van der Waals surface area contributed by atoms with Gasteiger partial charge in [-0.1, -0.05) is 40.2 Å². The average molecular weight is 473 g/mol. The Morgan fingerprint density at radius 2 is 1.81 bits per heavy atom. The van der Waals surface area contributed by atoms with Crippen LogP contribution in [0.5, 0.6) is 0 Å². The van der Waals surface area contributed by atoms with Crippen molar-refractivity contribution < 1.29 is 9.59 Å². The second-order valence-corrected chi connectivity index (χ2v) is 8.14. The number of nitrogens with zero attached hydrogens (tertiary/aromatic N) is 2. The number of rotatable bonds is 4. The highest BCUT2D eigenvalue weighted by Gasteiger charge is 2.21. The number of hydrogen-bond acceptors (Lipinski definition) is 4. The molecule has 3 heterocycles. The van der Waals surface area contributed by atoms with Gasteiger partial charge in [-0.15, -0.1) is 0 Å². The summed E-state index contributed by atoms with van der Waals surface area (Å²) in [5.74, 6) is 0.281. The quantitative estimate of drug-likeness (QED) is 0.430. The van der Waals surface area contributed by atoms with Crippen LogP contribution in [0.3, 0.4) is 0 Å². The fraction of sp³-hybridized carbons (Fsp3) is 0.0833. The lowest BCUT2D eigenvalue weighted by molar-refractivity contribution is 0.0945. The number of benzene rings is 2. The Kier molecular flexibility index (Phi) is 4.95. The zero-order chi connectivity index (χ0) is 21.4. The molecule has 5 rings (SSSR count). The van der Waals surface area contributed by atoms with Gasteiger partial charge in [-0.2, -0.15) is 0 Å². The van der Waals surface area contributed by atoms with E-state index in [2.05, 4.69) is 31.2 Å². The van der Waals surface area contributed by atoms with E-state index in [1.807, 2.05) is 36.4 Å². The van der Waals surface area contributed by atoms with E-state index in [9.17, 15) is 9.59 Å². The van der Waals surface area contributed by atoms with Gasteiger partial charge >= 0.3 is 0 Å². The molecule has 0 atom stereocenters. The number of aromatic nitrogens is 3. The molecule has 4 aromatic rings. The van der Waals surface area contributed by atoms with Crippen LogP contribution in [0.2, 0.25) is 0 Å². The SMILES string of the molecule is O=C(c1ccc(Br)cc1)c1ccccc1-c1nccc(-c2cc3c([nH]2)CCNC3=O)n1. The Hall–Kier alpha value is -3.58. The maximum Gasteiger partial charge on any atom is 0.253 e. The Balaban J connectivity index is 1.55. The maximum atomic E-state index is 13.2. The fourth-order valence-electron chi connectivity index (χ4n) is 3.70. The lowest BCUT2D eigenvalue weighted by Crippen LogP contribution is -2.31. The third-order valence-electron chi connectivity index (χ3n) is 5.26. The highest BCUT2D eigenvalue weighted by atomic mass is 79.9. The van der Waals surface area contributed by atoms with Gasteiger partial charge in [0.15, 0.2) is 11.6 Å². The molecular weight excluding hydrogens is 456 g/mol. The van der Waals surface area contributed by atoms with Crippen LogP contribution in [0.4, 0.5) is 0 Å². The first kappa shape index (κ1) is 19.4. The molecule has 152 valence electrons. The second kappa shape index (κ2) is 7.92. The van der Waals surface area contributed by atoms with Crippen LogP contribution in [0.25, 0.3) is 22.8 Å². The molecule has 0 saturated heterocycles. The summed E-state index contributed by atoms with van der Waals surface area (Å²) >= 11 is 3.40. The summed E-state index contributed by atoms with van der Waals surface area (Å²) in [5, 5.41) is 2.85. The molecule has 1 aliphatic heterocycles. The number of ketones is 1. The average Bonchev–Trinajstić information content (AvgIpc) is 3.25. The summed E-state index contributed by atoms with van der Waals surface area (Å²) in [6.07, 6.45) is 2.42. The van der Waals surface area contributed by atoms with Crippen molar-refractivity contribution in [3.63, 3.8) is 0 Å². The molecule has 6 nitrogen and oxygen atoms in total. The maximum absolute atomic E-state index is 13.2. The molecule has 0 saturated carbocycles. The monoisotopic (exact) mass is 472 g/mol. The highest BCUT2D eigenvalue weighted by Crippen LogP contribution is 2.27. The van der Waals surface area contributed by atoms with Crippen molar-refractivity contribution in [1.82, 2.24) is 20.3 Å². The van der Waals surface area contributed by atoms with Gasteiger partial charge in [-0.25, -0.2) is 9.97 Å². The molecule has 7 heteroatoms. The third-order valence-corrected chi connectivity index (χ3v) is 5.78. The van der Waals surface area contributed by atoms with E-state index < -0.39 is 0 Å². The van der Waals surface area contributed by atoms with Crippen LogP contribution in [0.1, 0.15) is 32.0 Å². The van der Waals surface area contributed by atoms with Crippen molar-refractivity contribution in [3.05, 3.63) is 93.7 Å². The van der Waals surface area contributed by atoms with Crippen LogP contribution in [0.15, 0.2) is 71.3 Å². The number of carbonyl (C=O) groups excluding carboxylic acids is 2. The van der Waals surface area contributed by atoms with Crippen LogP contribution in [-0.2, 0) is 6.42 Å². The minimum absolute atomic E-state index is 0.0801. The van der Waals surface area contributed by atoms with E-state index in [1.165, 1.54) is 0 Å². The van der Waals surface area contributed by atoms with Gasteiger partial charge < -0.3 is 10.3 Å². The minimum atomic E-state index is -0.0934. The zero-order valence-electron chi connectivity index (χ0n) is 16.4. The van der Waals surface area contributed by atoms with Gasteiger partial charge in [0.25, 0.3) is 5.91 Å². The summed E-state index contributed by atoms with van der Waals surface area (Å²) < 4.78 is 0.913. The van der Waals surface area contributed by atoms with Gasteiger partial charge in [0, 0.05) is 46.0 Å². The Morgan fingerprint density at radius 3 is 2.61 bits per heavy atom. The van der Waals surface area contributed by atoms with Crippen molar-refractivity contribution in [3.8, 4) is 22.8 Å². The lowest BCUT2D eigenvalue weighted by Gasteiger charge is -2.11. The molecule has 1 aliphatic rings. The van der Waals surface area contributed by atoms with Gasteiger partial charge in [0.05, 0.1) is 17.0 Å². The predicted molar refractivity (Wildman–Crippen MR) is 121 cm³/mol. The molecule has 0 radical (unpaired) electrons. The number of amides is 1. The Morgan fingerprint density at radius 1 is 1.00 bits per heavy atom. The molecule has 2 aromatic carbocycles. The minimum Gasteiger partial charge on any atom is -0.356 e. The summed E-state index contributed by atoms with van der Waals surface area (Å²) in [5.41, 5.74) is 4.76. The molecule has 0 bridgehead atoms. The largest absolute Gasteiger partial charge is 0.356 e. The highest BCUT2D eigenvalue weighted by molar-refractivity contribution is 9.10. The van der Waals surface area contributed by atoms with Gasteiger partial charge in [-0.3, -0.25) is 9.59 Å². The van der Waals surface area contributed by atoms with Crippen molar-refractivity contribution in [2.75, 3.05) is 6.54 Å². The van der Waals surface area contributed by atoms with Crippen molar-refractivity contribution >= 4 is 27.6 Å². The summed E-state index contributed by atoms with van der Waals surface area (Å²) in [6.45, 7) is 0.617. The molecule has 0 spiro atoms. The van der Waals surface area contributed by atoms with E-state index >= 15 is 0 Å². The van der Waals surface area contributed by atoms with Gasteiger partial charge in [-0.05, 0) is 36.4 Å². The molecule has 0 fully saturated rings. The number of fused-ring (bicyclic) bond motifs is 1. The van der Waals surface area contributed by atoms with Crippen LogP contribution in [-0.4, -0.2) is 33.2 Å². The van der Waals surface area contributed by atoms with Crippen LogP contribution < -0.4 is 5.32 Å². The third kappa shape index (κ3) is 3.68. The normalized spacial score (nSPS) is 12.9. The van der Waals surface area contributed by atoms with Gasteiger partial charge in [0.1, 0.15) is 0 Å². The molecule has 2 aromatic heterocycles. The van der Waals surface area contributed by atoms with E-state index in [-0.39, 0.29) is 11.7 Å². The number of H-pyrrole nitrogens is 1. The smallest absolute Gasteiger partial charge is 0.253 e. The molecule has 2 N–H and O–H groups in total. The van der Waals surface area contributed by atoms with Crippen LogP contribution in [0, 0.1) is 0 Å². The number of nitrogens with one attached hydrogen (secondary N) is 2. The summed E-state index contributed by atoms with van der Waals surface area (Å²) in [6, 6.07) is 18.2.